The van der Waals surface area contributed by atoms with Gasteiger partial charge in [-0.2, -0.15) is 0 Å². The van der Waals surface area contributed by atoms with E-state index in [0.29, 0.717) is 13.1 Å². The Bertz CT molecular complexity index is 593. The van der Waals surface area contributed by atoms with Gasteiger partial charge < -0.3 is 15.3 Å². The van der Waals surface area contributed by atoms with Crippen LogP contribution in [0.25, 0.3) is 0 Å². The van der Waals surface area contributed by atoms with Gasteiger partial charge in [0, 0.05) is 13.1 Å². The van der Waals surface area contributed by atoms with Crippen molar-refractivity contribution in [2.24, 2.45) is 0 Å². The number of benzene rings is 1. The predicted molar refractivity (Wildman–Crippen MR) is 95.9 cm³/mol. The van der Waals surface area contributed by atoms with Gasteiger partial charge in [-0.05, 0) is 49.8 Å². The largest absolute Gasteiger partial charge is 0.389 e. The number of carbonyl (C=O) groups excluding carboxylic acids is 1. The fourth-order valence-electron chi connectivity index (χ4n) is 4.28. The zero-order valence-corrected chi connectivity index (χ0v) is 15.0. The van der Waals surface area contributed by atoms with Crippen LogP contribution in [0, 0.1) is 6.92 Å². The van der Waals surface area contributed by atoms with Crippen molar-refractivity contribution in [2.45, 2.75) is 64.0 Å². The maximum absolute atomic E-state index is 12.6. The van der Waals surface area contributed by atoms with E-state index in [1.54, 1.807) is 0 Å². The molecule has 4 nitrogen and oxygen atoms in total. The zero-order valence-electron chi connectivity index (χ0n) is 15.0. The van der Waals surface area contributed by atoms with Gasteiger partial charge in [-0.25, -0.2) is 0 Å². The molecule has 1 aliphatic carbocycles. The Morgan fingerprint density at radius 1 is 1.33 bits per heavy atom. The van der Waals surface area contributed by atoms with Crippen LogP contribution in [-0.4, -0.2) is 41.1 Å². The predicted octanol–water partition coefficient (Wildman–Crippen LogP) is 2.73. The van der Waals surface area contributed by atoms with Crippen molar-refractivity contribution in [3.05, 3.63) is 34.9 Å². The summed E-state index contributed by atoms with van der Waals surface area (Å²) in [4.78, 5) is 14.6. The van der Waals surface area contributed by atoms with E-state index in [2.05, 4.69) is 37.4 Å². The van der Waals surface area contributed by atoms with E-state index in [1.807, 2.05) is 4.90 Å². The Labute approximate surface area is 145 Å². The van der Waals surface area contributed by atoms with Gasteiger partial charge >= 0.3 is 0 Å². The lowest BCUT2D eigenvalue weighted by molar-refractivity contribution is -0.133. The first-order valence-corrected chi connectivity index (χ1v) is 9.31. The van der Waals surface area contributed by atoms with Crippen molar-refractivity contribution in [1.29, 1.82) is 0 Å². The van der Waals surface area contributed by atoms with Gasteiger partial charge in [-0.1, -0.05) is 37.5 Å². The van der Waals surface area contributed by atoms with Crippen molar-refractivity contribution >= 4 is 5.91 Å². The van der Waals surface area contributed by atoms with E-state index in [1.165, 1.54) is 23.1 Å². The quantitative estimate of drug-likeness (QED) is 0.892. The highest BCUT2D eigenvalue weighted by Crippen LogP contribution is 2.31. The molecule has 24 heavy (non-hydrogen) atoms. The van der Waals surface area contributed by atoms with Gasteiger partial charge in [-0.3, -0.25) is 4.79 Å². The van der Waals surface area contributed by atoms with Gasteiger partial charge in [0.05, 0.1) is 18.2 Å². The molecule has 1 heterocycles. The molecule has 1 unspecified atom stereocenters. The number of nitrogens with one attached hydrogen (secondary N) is 1. The van der Waals surface area contributed by atoms with Gasteiger partial charge in [0.1, 0.15) is 0 Å². The normalized spacial score (nSPS) is 23.0. The molecule has 0 saturated heterocycles. The van der Waals surface area contributed by atoms with Gasteiger partial charge in [0.25, 0.3) is 0 Å². The average Bonchev–Trinajstić information content (AvgIpc) is 2.56. The van der Waals surface area contributed by atoms with Gasteiger partial charge in [0.2, 0.25) is 5.91 Å². The standard InChI is InChI=1S/C20H30N2O2/c1-15-7-6-8-18-16(2)22(12-9-17(15)18)19(23)13-21-14-20(24)10-4-3-5-11-20/h6-8,16,21,24H,3-5,9-14H2,1-2H3. The first-order valence-electron chi connectivity index (χ1n) is 9.31. The first-order chi connectivity index (χ1) is 11.5. The fourth-order valence-corrected chi connectivity index (χ4v) is 4.28. The molecule has 1 amide bonds. The topological polar surface area (TPSA) is 52.6 Å². The van der Waals surface area contributed by atoms with Crippen molar-refractivity contribution < 1.29 is 9.90 Å². The molecule has 0 bridgehead atoms. The molecule has 1 saturated carbocycles. The van der Waals surface area contributed by atoms with Crippen LogP contribution in [0.1, 0.15) is 61.8 Å². The van der Waals surface area contributed by atoms with Crippen molar-refractivity contribution in [1.82, 2.24) is 10.2 Å². The molecular weight excluding hydrogens is 300 g/mol. The maximum Gasteiger partial charge on any atom is 0.237 e. The van der Waals surface area contributed by atoms with Crippen molar-refractivity contribution in [2.75, 3.05) is 19.6 Å². The minimum atomic E-state index is -0.615. The zero-order chi connectivity index (χ0) is 17.2. The average molecular weight is 330 g/mol. The van der Waals surface area contributed by atoms with Crippen LogP contribution < -0.4 is 5.32 Å². The summed E-state index contributed by atoms with van der Waals surface area (Å²) < 4.78 is 0. The molecule has 1 fully saturated rings. The molecular formula is C20H30N2O2. The summed E-state index contributed by atoms with van der Waals surface area (Å²) in [6, 6.07) is 6.50. The van der Waals surface area contributed by atoms with E-state index >= 15 is 0 Å². The Hall–Kier alpha value is -1.39. The second-order valence-electron chi connectivity index (χ2n) is 7.54. The summed E-state index contributed by atoms with van der Waals surface area (Å²) >= 11 is 0. The first kappa shape index (κ1) is 17.4. The number of nitrogens with zero attached hydrogens (tertiary/aromatic N) is 1. The Kier molecular flexibility index (Phi) is 5.26. The molecule has 2 N–H and O–H groups in total. The monoisotopic (exact) mass is 330 g/mol. The van der Waals surface area contributed by atoms with E-state index in [4.69, 9.17) is 0 Å². The number of hydrogen-bond acceptors (Lipinski definition) is 3. The molecule has 0 spiro atoms. The molecule has 4 heteroatoms. The van der Waals surface area contributed by atoms with Crippen LogP contribution in [0.15, 0.2) is 18.2 Å². The Morgan fingerprint density at radius 3 is 2.83 bits per heavy atom. The summed E-state index contributed by atoms with van der Waals surface area (Å²) in [5, 5.41) is 13.7. The number of rotatable bonds is 4. The van der Waals surface area contributed by atoms with Crippen LogP contribution in [0.3, 0.4) is 0 Å². The molecule has 0 radical (unpaired) electrons. The minimum absolute atomic E-state index is 0.126. The van der Waals surface area contributed by atoms with E-state index in [0.717, 1.165) is 38.6 Å². The number of amides is 1. The van der Waals surface area contributed by atoms with E-state index < -0.39 is 5.60 Å². The summed E-state index contributed by atoms with van der Waals surface area (Å²) in [7, 11) is 0. The number of aliphatic hydroxyl groups is 1. The van der Waals surface area contributed by atoms with Crippen LogP contribution in [0.5, 0.6) is 0 Å². The van der Waals surface area contributed by atoms with Crippen LogP contribution in [0.4, 0.5) is 0 Å². The SMILES string of the molecule is Cc1cccc2c1CCN(C(=O)CNCC1(O)CCCCC1)C2C. The minimum Gasteiger partial charge on any atom is -0.389 e. The van der Waals surface area contributed by atoms with Crippen LogP contribution in [-0.2, 0) is 11.2 Å². The molecule has 0 aromatic heterocycles. The van der Waals surface area contributed by atoms with E-state index in [9.17, 15) is 9.90 Å². The summed E-state index contributed by atoms with van der Waals surface area (Å²) in [5.41, 5.74) is 3.39. The molecule has 3 rings (SSSR count). The lowest BCUT2D eigenvalue weighted by Crippen LogP contribution is -2.47. The molecule has 1 atom stereocenters. The molecule has 1 aliphatic heterocycles. The van der Waals surface area contributed by atoms with Crippen LogP contribution in [0.2, 0.25) is 0 Å². The lowest BCUT2D eigenvalue weighted by Gasteiger charge is -2.37. The third-order valence-corrected chi connectivity index (χ3v) is 5.80. The highest BCUT2D eigenvalue weighted by Gasteiger charge is 2.30. The van der Waals surface area contributed by atoms with Crippen molar-refractivity contribution in [3.63, 3.8) is 0 Å². The second kappa shape index (κ2) is 7.24. The van der Waals surface area contributed by atoms with Gasteiger partial charge in [-0.15, -0.1) is 0 Å². The molecule has 1 aromatic rings. The summed E-state index contributed by atoms with van der Waals surface area (Å²) in [6.07, 6.45) is 6.02. The number of carbonyl (C=O) groups is 1. The smallest absolute Gasteiger partial charge is 0.237 e. The Balaban J connectivity index is 1.56. The number of hydrogen-bond donors (Lipinski definition) is 2. The second-order valence-corrected chi connectivity index (χ2v) is 7.54. The highest BCUT2D eigenvalue weighted by atomic mass is 16.3. The Morgan fingerprint density at radius 2 is 2.08 bits per heavy atom. The van der Waals surface area contributed by atoms with E-state index in [-0.39, 0.29) is 11.9 Å². The molecule has 2 aliphatic rings. The van der Waals surface area contributed by atoms with Crippen molar-refractivity contribution in [3.8, 4) is 0 Å². The molecule has 132 valence electrons. The fraction of sp³-hybridized carbons (Fsp3) is 0.650. The third-order valence-electron chi connectivity index (χ3n) is 5.80. The van der Waals surface area contributed by atoms with Crippen LogP contribution >= 0.6 is 0 Å². The highest BCUT2D eigenvalue weighted by molar-refractivity contribution is 5.79. The maximum atomic E-state index is 12.6. The summed E-state index contributed by atoms with van der Waals surface area (Å²) in [6.45, 7) is 5.88. The third kappa shape index (κ3) is 3.65. The van der Waals surface area contributed by atoms with Gasteiger partial charge in [0.15, 0.2) is 0 Å². The molecule has 1 aromatic carbocycles. The summed E-state index contributed by atoms with van der Waals surface area (Å²) in [5.74, 6) is 0.133. The lowest BCUT2D eigenvalue weighted by atomic mass is 9.85. The number of fused-ring (bicyclic) bond motifs is 1. The number of aryl methyl sites for hydroxylation is 1.